The number of hydrogen-bond donors (Lipinski definition) is 1. The Balaban J connectivity index is 1.40. The fourth-order valence-corrected chi connectivity index (χ4v) is 2.67. The zero-order valence-electron chi connectivity index (χ0n) is 16.2. The monoisotopic (exact) mass is 390 g/mol. The Hall–Kier alpha value is -3.72. The van der Waals surface area contributed by atoms with E-state index < -0.39 is 0 Å². The summed E-state index contributed by atoms with van der Waals surface area (Å²) < 4.78 is 16.8. The average Bonchev–Trinajstić information content (AvgIpc) is 3.21. The van der Waals surface area contributed by atoms with Gasteiger partial charge in [-0.15, -0.1) is 0 Å². The molecule has 1 amide bonds. The van der Waals surface area contributed by atoms with Crippen LogP contribution in [0.2, 0.25) is 0 Å². The van der Waals surface area contributed by atoms with Gasteiger partial charge < -0.3 is 19.2 Å². The molecule has 3 aromatic rings. The summed E-state index contributed by atoms with van der Waals surface area (Å²) in [5.74, 6) is 1.74. The number of nitriles is 1. The predicted molar refractivity (Wildman–Crippen MR) is 108 cm³/mol. The van der Waals surface area contributed by atoms with Crippen molar-refractivity contribution in [1.82, 2.24) is 5.32 Å². The molecular formula is C23H22N2O4. The molecule has 6 nitrogen and oxygen atoms in total. The van der Waals surface area contributed by atoms with Crippen molar-refractivity contribution in [2.75, 3.05) is 13.2 Å². The fraction of sp³-hybridized carbons (Fsp3) is 0.217. The number of amides is 1. The van der Waals surface area contributed by atoms with Crippen LogP contribution < -0.4 is 14.8 Å². The lowest BCUT2D eigenvalue weighted by Crippen LogP contribution is -2.25. The van der Waals surface area contributed by atoms with Crippen LogP contribution in [-0.4, -0.2) is 19.1 Å². The molecule has 2 aromatic carbocycles. The van der Waals surface area contributed by atoms with Crippen LogP contribution >= 0.6 is 0 Å². The topological polar surface area (TPSA) is 84.5 Å². The van der Waals surface area contributed by atoms with Crippen molar-refractivity contribution in [1.29, 1.82) is 5.26 Å². The van der Waals surface area contributed by atoms with Crippen LogP contribution in [0.15, 0.2) is 65.1 Å². The largest absolute Gasteiger partial charge is 0.494 e. The summed E-state index contributed by atoms with van der Waals surface area (Å²) in [6.45, 7) is 3.14. The van der Waals surface area contributed by atoms with Crippen LogP contribution in [0.5, 0.6) is 11.5 Å². The Labute approximate surface area is 169 Å². The summed E-state index contributed by atoms with van der Waals surface area (Å²) in [6.07, 6.45) is 0.682. The van der Waals surface area contributed by atoms with Gasteiger partial charge in [-0.3, -0.25) is 4.79 Å². The number of carbonyl (C=O) groups is 1. The summed E-state index contributed by atoms with van der Waals surface area (Å²) in [6, 6.07) is 20.2. The van der Waals surface area contributed by atoms with Gasteiger partial charge in [0.15, 0.2) is 5.76 Å². The minimum absolute atomic E-state index is 0.135. The minimum atomic E-state index is -0.288. The molecule has 0 saturated carbocycles. The van der Waals surface area contributed by atoms with Gasteiger partial charge in [-0.05, 0) is 55.3 Å². The number of benzene rings is 2. The van der Waals surface area contributed by atoms with Gasteiger partial charge >= 0.3 is 0 Å². The zero-order chi connectivity index (χ0) is 20.5. The van der Waals surface area contributed by atoms with Crippen molar-refractivity contribution in [3.63, 3.8) is 0 Å². The van der Waals surface area contributed by atoms with Crippen molar-refractivity contribution >= 4 is 5.91 Å². The van der Waals surface area contributed by atoms with Crippen LogP contribution in [-0.2, 0) is 6.61 Å². The molecule has 0 saturated heterocycles. The van der Waals surface area contributed by atoms with E-state index in [-0.39, 0.29) is 18.3 Å². The number of hydrogen-bond acceptors (Lipinski definition) is 5. The van der Waals surface area contributed by atoms with Crippen molar-refractivity contribution in [2.45, 2.75) is 20.0 Å². The third-order valence-corrected chi connectivity index (χ3v) is 4.13. The summed E-state index contributed by atoms with van der Waals surface area (Å²) in [5, 5.41) is 11.9. The standard InChI is InChI=1S/C23H22N2O4/c1-17-6-4-8-19(14-17)27-13-5-12-25-23(26)22-11-10-20(29-22)16-28-21-9-3-2-7-18(21)15-24/h2-4,6-11,14H,5,12-13,16H2,1H3,(H,25,26). The lowest BCUT2D eigenvalue weighted by molar-refractivity contribution is 0.0919. The Morgan fingerprint density at radius 2 is 1.97 bits per heavy atom. The first kappa shape index (κ1) is 20.0. The lowest BCUT2D eigenvalue weighted by atomic mass is 10.2. The second-order valence-corrected chi connectivity index (χ2v) is 6.44. The zero-order valence-corrected chi connectivity index (χ0v) is 16.2. The van der Waals surface area contributed by atoms with E-state index in [1.54, 1.807) is 36.4 Å². The first-order chi connectivity index (χ1) is 14.2. The molecular weight excluding hydrogens is 368 g/mol. The Bertz CT molecular complexity index is 1000. The van der Waals surface area contributed by atoms with Crippen molar-refractivity contribution in [3.05, 3.63) is 83.3 Å². The molecule has 1 aromatic heterocycles. The third-order valence-electron chi connectivity index (χ3n) is 4.13. The molecule has 0 unspecified atom stereocenters. The molecule has 29 heavy (non-hydrogen) atoms. The first-order valence-electron chi connectivity index (χ1n) is 9.34. The van der Waals surface area contributed by atoms with E-state index >= 15 is 0 Å². The number of furan rings is 1. The van der Waals surface area contributed by atoms with Gasteiger partial charge in [0.25, 0.3) is 5.91 Å². The molecule has 1 N–H and O–H groups in total. The third kappa shape index (κ3) is 5.88. The summed E-state index contributed by atoms with van der Waals surface area (Å²) >= 11 is 0. The molecule has 0 atom stereocenters. The summed E-state index contributed by atoms with van der Waals surface area (Å²) in [7, 11) is 0. The maximum Gasteiger partial charge on any atom is 0.286 e. The molecule has 3 rings (SSSR count). The van der Waals surface area contributed by atoms with Gasteiger partial charge in [-0.25, -0.2) is 0 Å². The minimum Gasteiger partial charge on any atom is -0.494 e. The number of nitrogens with zero attached hydrogens (tertiary/aromatic N) is 1. The predicted octanol–water partition coefficient (Wildman–Crippen LogP) is 4.24. The van der Waals surface area contributed by atoms with Gasteiger partial charge in [0.2, 0.25) is 0 Å². The number of para-hydroxylation sites is 1. The van der Waals surface area contributed by atoms with Gasteiger partial charge in [-0.1, -0.05) is 24.3 Å². The molecule has 0 spiro atoms. The second kappa shape index (κ2) is 10.00. The Morgan fingerprint density at radius 1 is 1.10 bits per heavy atom. The van der Waals surface area contributed by atoms with Crippen molar-refractivity contribution in [2.24, 2.45) is 0 Å². The maximum absolute atomic E-state index is 12.2. The number of ether oxygens (including phenoxy) is 2. The smallest absolute Gasteiger partial charge is 0.286 e. The highest BCUT2D eigenvalue weighted by Gasteiger charge is 2.11. The van der Waals surface area contributed by atoms with E-state index in [0.717, 1.165) is 11.3 Å². The molecule has 0 aliphatic rings. The van der Waals surface area contributed by atoms with Crippen LogP contribution in [0, 0.1) is 18.3 Å². The summed E-state index contributed by atoms with van der Waals surface area (Å²) in [5.41, 5.74) is 1.59. The molecule has 0 aliphatic heterocycles. The van der Waals surface area contributed by atoms with Crippen molar-refractivity contribution < 1.29 is 18.7 Å². The van der Waals surface area contributed by atoms with Crippen LogP contribution in [0.3, 0.4) is 0 Å². The van der Waals surface area contributed by atoms with Gasteiger partial charge in [-0.2, -0.15) is 5.26 Å². The normalized spacial score (nSPS) is 10.2. The maximum atomic E-state index is 12.2. The van der Waals surface area contributed by atoms with E-state index in [4.69, 9.17) is 19.2 Å². The Morgan fingerprint density at radius 3 is 2.79 bits per heavy atom. The number of rotatable bonds is 9. The van der Waals surface area contributed by atoms with E-state index in [9.17, 15) is 4.79 Å². The van der Waals surface area contributed by atoms with E-state index in [1.807, 2.05) is 31.2 Å². The van der Waals surface area contributed by atoms with Gasteiger partial charge in [0, 0.05) is 6.54 Å². The molecule has 0 radical (unpaired) electrons. The van der Waals surface area contributed by atoms with E-state index in [1.165, 1.54) is 0 Å². The van der Waals surface area contributed by atoms with Gasteiger partial charge in [0.05, 0.1) is 12.2 Å². The van der Waals surface area contributed by atoms with E-state index in [2.05, 4.69) is 11.4 Å². The number of nitrogens with one attached hydrogen (secondary N) is 1. The highest BCUT2D eigenvalue weighted by Crippen LogP contribution is 2.19. The van der Waals surface area contributed by atoms with Crippen molar-refractivity contribution in [3.8, 4) is 17.6 Å². The average molecular weight is 390 g/mol. The van der Waals surface area contributed by atoms with E-state index in [0.29, 0.717) is 36.6 Å². The quantitative estimate of drug-likeness (QED) is 0.553. The summed E-state index contributed by atoms with van der Waals surface area (Å²) in [4.78, 5) is 12.2. The molecule has 1 heterocycles. The Kier molecular flexibility index (Phi) is 6.90. The molecule has 6 heteroatoms. The highest BCUT2D eigenvalue weighted by molar-refractivity contribution is 5.91. The van der Waals surface area contributed by atoms with Crippen LogP contribution in [0.25, 0.3) is 0 Å². The first-order valence-corrected chi connectivity index (χ1v) is 9.34. The molecule has 0 aliphatic carbocycles. The van der Waals surface area contributed by atoms with Crippen LogP contribution in [0.4, 0.5) is 0 Å². The number of aryl methyl sites for hydroxylation is 1. The van der Waals surface area contributed by atoms with Gasteiger partial charge in [0.1, 0.15) is 29.9 Å². The SMILES string of the molecule is Cc1cccc(OCCCNC(=O)c2ccc(COc3ccccc3C#N)o2)c1. The van der Waals surface area contributed by atoms with Crippen LogP contribution in [0.1, 0.15) is 33.9 Å². The molecule has 0 bridgehead atoms. The lowest BCUT2D eigenvalue weighted by Gasteiger charge is -2.07. The fourth-order valence-electron chi connectivity index (χ4n) is 2.67. The molecule has 148 valence electrons. The molecule has 0 fully saturated rings. The highest BCUT2D eigenvalue weighted by atomic mass is 16.5. The second-order valence-electron chi connectivity index (χ2n) is 6.44. The number of carbonyl (C=O) groups excluding carboxylic acids is 1.